The number of aromatic nitrogens is 1. The SMILES string of the molecule is Cc1cc([N+](=O)[O-])cnc1N[C@@H]1CCCC[C@H]1N. The summed E-state index contributed by atoms with van der Waals surface area (Å²) in [6.45, 7) is 1.82. The molecule has 0 aliphatic heterocycles. The molecule has 0 unspecified atom stereocenters. The lowest BCUT2D eigenvalue weighted by Crippen LogP contribution is -2.42. The Hall–Kier alpha value is -1.69. The molecule has 1 aliphatic carbocycles. The summed E-state index contributed by atoms with van der Waals surface area (Å²) in [6.07, 6.45) is 5.66. The van der Waals surface area contributed by atoms with Crippen LogP contribution in [-0.4, -0.2) is 22.0 Å². The maximum absolute atomic E-state index is 10.6. The quantitative estimate of drug-likeness (QED) is 0.632. The molecule has 0 saturated heterocycles. The largest absolute Gasteiger partial charge is 0.366 e. The molecule has 1 aromatic rings. The number of hydrogen-bond donors (Lipinski definition) is 2. The number of nitrogens with two attached hydrogens (primary N) is 1. The van der Waals surface area contributed by atoms with Gasteiger partial charge in [0.05, 0.1) is 4.92 Å². The topological polar surface area (TPSA) is 94.1 Å². The average Bonchev–Trinajstić information content (AvgIpc) is 2.34. The lowest BCUT2D eigenvalue weighted by atomic mass is 9.91. The third-order valence-electron chi connectivity index (χ3n) is 3.42. The summed E-state index contributed by atoms with van der Waals surface area (Å²) in [5.74, 6) is 0.697. The Morgan fingerprint density at radius 1 is 1.50 bits per heavy atom. The molecule has 1 heterocycles. The third-order valence-corrected chi connectivity index (χ3v) is 3.42. The fourth-order valence-electron chi connectivity index (χ4n) is 2.33. The number of anilines is 1. The van der Waals surface area contributed by atoms with Crippen molar-refractivity contribution in [2.75, 3.05) is 5.32 Å². The number of nitrogens with one attached hydrogen (secondary N) is 1. The van der Waals surface area contributed by atoms with Crippen LogP contribution in [0, 0.1) is 17.0 Å². The molecule has 1 aromatic heterocycles. The van der Waals surface area contributed by atoms with Crippen molar-refractivity contribution in [2.45, 2.75) is 44.7 Å². The molecule has 1 saturated carbocycles. The first-order valence-corrected chi connectivity index (χ1v) is 6.21. The minimum atomic E-state index is -0.434. The van der Waals surface area contributed by atoms with Crippen molar-refractivity contribution in [1.82, 2.24) is 4.98 Å². The third kappa shape index (κ3) is 2.76. The number of pyridine rings is 1. The summed E-state index contributed by atoms with van der Waals surface area (Å²) in [5.41, 5.74) is 6.86. The first kappa shape index (κ1) is 12.8. The first-order valence-electron chi connectivity index (χ1n) is 6.21. The van der Waals surface area contributed by atoms with Crippen LogP contribution in [0.1, 0.15) is 31.2 Å². The highest BCUT2D eigenvalue weighted by Crippen LogP contribution is 2.23. The molecule has 1 aliphatic rings. The highest BCUT2D eigenvalue weighted by atomic mass is 16.6. The molecule has 6 heteroatoms. The van der Waals surface area contributed by atoms with Crippen LogP contribution in [0.15, 0.2) is 12.3 Å². The van der Waals surface area contributed by atoms with Crippen LogP contribution in [0.2, 0.25) is 0 Å². The molecule has 1 fully saturated rings. The number of rotatable bonds is 3. The molecule has 0 aromatic carbocycles. The van der Waals surface area contributed by atoms with Crippen LogP contribution in [0.4, 0.5) is 11.5 Å². The fraction of sp³-hybridized carbons (Fsp3) is 0.583. The lowest BCUT2D eigenvalue weighted by Gasteiger charge is -2.30. The van der Waals surface area contributed by atoms with Crippen molar-refractivity contribution in [2.24, 2.45) is 5.73 Å². The normalized spacial score (nSPS) is 23.7. The molecule has 0 bridgehead atoms. The molecule has 0 spiro atoms. The zero-order chi connectivity index (χ0) is 13.1. The summed E-state index contributed by atoms with van der Waals surface area (Å²) in [6, 6.07) is 1.88. The van der Waals surface area contributed by atoms with Gasteiger partial charge in [0, 0.05) is 18.2 Å². The predicted octanol–water partition coefficient (Wildman–Crippen LogP) is 1.98. The molecule has 0 radical (unpaired) electrons. The summed E-state index contributed by atoms with van der Waals surface area (Å²) in [5, 5.41) is 13.9. The van der Waals surface area contributed by atoms with Gasteiger partial charge in [0.15, 0.2) is 0 Å². The maximum Gasteiger partial charge on any atom is 0.287 e. The van der Waals surface area contributed by atoms with Gasteiger partial charge in [-0.15, -0.1) is 0 Å². The van der Waals surface area contributed by atoms with E-state index in [1.807, 2.05) is 6.92 Å². The van der Waals surface area contributed by atoms with Gasteiger partial charge in [0.25, 0.3) is 5.69 Å². The van der Waals surface area contributed by atoms with Crippen LogP contribution in [-0.2, 0) is 0 Å². The highest BCUT2D eigenvalue weighted by Gasteiger charge is 2.22. The first-order chi connectivity index (χ1) is 8.58. The van der Waals surface area contributed by atoms with Gasteiger partial charge in [-0.2, -0.15) is 0 Å². The summed E-state index contributed by atoms with van der Waals surface area (Å²) in [4.78, 5) is 14.3. The fourth-order valence-corrected chi connectivity index (χ4v) is 2.33. The van der Waals surface area contributed by atoms with Crippen molar-refractivity contribution in [3.8, 4) is 0 Å². The standard InChI is InChI=1S/C12H18N4O2/c1-8-6-9(16(17)18)7-14-12(8)15-11-5-3-2-4-10(11)13/h6-7,10-11H,2-5,13H2,1H3,(H,14,15)/t10-,11-/m1/s1. The Bertz CT molecular complexity index is 450. The Labute approximate surface area is 106 Å². The Balaban J connectivity index is 2.11. The molecule has 2 atom stereocenters. The lowest BCUT2D eigenvalue weighted by molar-refractivity contribution is -0.385. The molecule has 6 nitrogen and oxygen atoms in total. The van der Waals surface area contributed by atoms with E-state index in [1.54, 1.807) is 0 Å². The van der Waals surface area contributed by atoms with E-state index in [0.29, 0.717) is 5.82 Å². The molecular formula is C12H18N4O2. The second kappa shape index (κ2) is 5.30. The summed E-state index contributed by atoms with van der Waals surface area (Å²) < 4.78 is 0. The van der Waals surface area contributed by atoms with Crippen molar-refractivity contribution < 1.29 is 4.92 Å². The van der Waals surface area contributed by atoms with Crippen LogP contribution in [0.25, 0.3) is 0 Å². The Morgan fingerprint density at radius 3 is 2.83 bits per heavy atom. The van der Waals surface area contributed by atoms with Crippen molar-refractivity contribution in [3.63, 3.8) is 0 Å². The Morgan fingerprint density at radius 2 is 2.22 bits per heavy atom. The van der Waals surface area contributed by atoms with Crippen LogP contribution >= 0.6 is 0 Å². The van der Waals surface area contributed by atoms with E-state index in [4.69, 9.17) is 5.73 Å². The van der Waals surface area contributed by atoms with E-state index in [0.717, 1.165) is 24.8 Å². The van der Waals surface area contributed by atoms with Crippen molar-refractivity contribution in [3.05, 3.63) is 27.9 Å². The number of nitro groups is 1. The number of nitrogens with zero attached hydrogens (tertiary/aromatic N) is 2. The van der Waals surface area contributed by atoms with Crippen molar-refractivity contribution >= 4 is 11.5 Å². The molecular weight excluding hydrogens is 232 g/mol. The predicted molar refractivity (Wildman–Crippen MR) is 69.5 cm³/mol. The molecule has 0 amide bonds. The van der Waals surface area contributed by atoms with Gasteiger partial charge < -0.3 is 11.1 Å². The average molecular weight is 250 g/mol. The van der Waals surface area contributed by atoms with Crippen molar-refractivity contribution in [1.29, 1.82) is 0 Å². The van der Waals surface area contributed by atoms with Gasteiger partial charge in [0.2, 0.25) is 0 Å². The van der Waals surface area contributed by atoms with E-state index in [2.05, 4.69) is 10.3 Å². The molecule has 3 N–H and O–H groups in total. The summed E-state index contributed by atoms with van der Waals surface area (Å²) >= 11 is 0. The summed E-state index contributed by atoms with van der Waals surface area (Å²) in [7, 11) is 0. The number of hydrogen-bond acceptors (Lipinski definition) is 5. The smallest absolute Gasteiger partial charge is 0.287 e. The van der Waals surface area contributed by atoms with Gasteiger partial charge >= 0.3 is 0 Å². The van der Waals surface area contributed by atoms with Gasteiger partial charge in [0.1, 0.15) is 12.0 Å². The van der Waals surface area contributed by atoms with E-state index < -0.39 is 4.92 Å². The van der Waals surface area contributed by atoms with E-state index in [9.17, 15) is 10.1 Å². The Kier molecular flexibility index (Phi) is 3.76. The number of aryl methyl sites for hydroxylation is 1. The van der Waals surface area contributed by atoms with Crippen LogP contribution < -0.4 is 11.1 Å². The van der Waals surface area contributed by atoms with Gasteiger partial charge in [-0.3, -0.25) is 10.1 Å². The zero-order valence-electron chi connectivity index (χ0n) is 10.4. The van der Waals surface area contributed by atoms with Crippen LogP contribution in [0.5, 0.6) is 0 Å². The minimum Gasteiger partial charge on any atom is -0.366 e. The van der Waals surface area contributed by atoms with E-state index in [1.165, 1.54) is 18.7 Å². The van der Waals surface area contributed by atoms with E-state index >= 15 is 0 Å². The monoisotopic (exact) mass is 250 g/mol. The second-order valence-corrected chi connectivity index (χ2v) is 4.82. The second-order valence-electron chi connectivity index (χ2n) is 4.82. The van der Waals surface area contributed by atoms with Gasteiger partial charge in [-0.25, -0.2) is 4.98 Å². The highest BCUT2D eigenvalue weighted by molar-refractivity contribution is 5.49. The van der Waals surface area contributed by atoms with Gasteiger partial charge in [-0.05, 0) is 25.3 Å². The minimum absolute atomic E-state index is 0.0194. The molecule has 98 valence electrons. The van der Waals surface area contributed by atoms with Crippen LogP contribution in [0.3, 0.4) is 0 Å². The molecule has 2 rings (SSSR count). The molecule has 18 heavy (non-hydrogen) atoms. The van der Waals surface area contributed by atoms with E-state index in [-0.39, 0.29) is 17.8 Å². The van der Waals surface area contributed by atoms with Gasteiger partial charge in [-0.1, -0.05) is 12.8 Å². The maximum atomic E-state index is 10.6. The zero-order valence-corrected chi connectivity index (χ0v) is 10.4.